The third-order valence-corrected chi connectivity index (χ3v) is 5.35. The normalized spacial score (nSPS) is 17.0. The molecule has 1 amide bonds. The number of ether oxygens (including phenoxy) is 1. The van der Waals surface area contributed by atoms with E-state index >= 15 is 0 Å². The number of fused-ring (bicyclic) bond motifs is 1. The number of nitrogens with one attached hydrogen (secondary N) is 1. The average Bonchev–Trinajstić information content (AvgIpc) is 3.10. The Hall–Kier alpha value is -2.53. The largest absolute Gasteiger partial charge is 0.452 e. The molecule has 0 bridgehead atoms. The van der Waals surface area contributed by atoms with Gasteiger partial charge in [0.25, 0.3) is 11.1 Å². The summed E-state index contributed by atoms with van der Waals surface area (Å²) in [5, 5.41) is 12.6. The molecule has 1 heterocycles. The molecular formula is C19H21N3O4S. The minimum absolute atomic E-state index is 0.0200. The Bertz CT molecular complexity index is 834. The highest BCUT2D eigenvalue weighted by atomic mass is 32.2. The van der Waals surface area contributed by atoms with Crippen LogP contribution < -0.4 is 5.32 Å². The van der Waals surface area contributed by atoms with Crippen LogP contribution in [-0.2, 0) is 14.3 Å². The summed E-state index contributed by atoms with van der Waals surface area (Å²) in [6, 6.07) is 9.54. The van der Waals surface area contributed by atoms with Crippen molar-refractivity contribution in [3.8, 4) is 6.07 Å². The van der Waals surface area contributed by atoms with Crippen LogP contribution in [0.15, 0.2) is 33.9 Å². The minimum atomic E-state index is -0.964. The summed E-state index contributed by atoms with van der Waals surface area (Å²) in [6.07, 6.45) is 3.17. The van der Waals surface area contributed by atoms with Crippen LogP contribution in [-0.4, -0.2) is 34.3 Å². The highest BCUT2D eigenvalue weighted by Crippen LogP contribution is 2.28. The van der Waals surface area contributed by atoms with Crippen molar-refractivity contribution in [3.63, 3.8) is 0 Å². The number of benzene rings is 1. The summed E-state index contributed by atoms with van der Waals surface area (Å²) >= 11 is 1.11. The Morgan fingerprint density at radius 2 is 2.11 bits per heavy atom. The van der Waals surface area contributed by atoms with Gasteiger partial charge in [-0.2, -0.15) is 5.26 Å². The highest BCUT2D eigenvalue weighted by molar-refractivity contribution is 7.99. The zero-order valence-electron chi connectivity index (χ0n) is 15.1. The Labute approximate surface area is 161 Å². The van der Waals surface area contributed by atoms with Crippen LogP contribution in [0, 0.1) is 11.3 Å². The van der Waals surface area contributed by atoms with Crippen LogP contribution in [0.1, 0.15) is 39.0 Å². The van der Waals surface area contributed by atoms with Gasteiger partial charge < -0.3 is 14.5 Å². The van der Waals surface area contributed by atoms with Gasteiger partial charge in [0.15, 0.2) is 11.7 Å². The van der Waals surface area contributed by atoms with E-state index in [1.807, 2.05) is 18.2 Å². The standard InChI is InChI=1S/C19H21N3O4S/c1-13(17(24)22-19(12-20)9-5-2-6-10-19)25-16(23)11-27-18-21-14-7-3-4-8-15(14)26-18/h3-4,7-8,13H,2,5-6,9-11H2,1H3,(H,22,24)/t13-/m1/s1. The molecular weight excluding hydrogens is 366 g/mol. The van der Waals surface area contributed by atoms with Crippen LogP contribution in [0.4, 0.5) is 0 Å². The molecule has 0 radical (unpaired) electrons. The summed E-state index contributed by atoms with van der Waals surface area (Å²) in [5.41, 5.74) is 0.522. The van der Waals surface area contributed by atoms with Crippen LogP contribution in [0.5, 0.6) is 0 Å². The second-order valence-electron chi connectivity index (χ2n) is 6.61. The van der Waals surface area contributed by atoms with Crippen LogP contribution in [0.3, 0.4) is 0 Å². The van der Waals surface area contributed by atoms with Gasteiger partial charge in [-0.25, -0.2) is 4.98 Å². The number of hydrogen-bond acceptors (Lipinski definition) is 7. The smallest absolute Gasteiger partial charge is 0.317 e. The molecule has 0 aliphatic heterocycles. The van der Waals surface area contributed by atoms with Gasteiger partial charge >= 0.3 is 5.97 Å². The van der Waals surface area contributed by atoms with Crippen molar-refractivity contribution < 1.29 is 18.7 Å². The fourth-order valence-corrected chi connectivity index (χ4v) is 3.70. The fraction of sp³-hybridized carbons (Fsp3) is 0.474. The summed E-state index contributed by atoms with van der Waals surface area (Å²) < 4.78 is 10.7. The van der Waals surface area contributed by atoms with Crippen molar-refractivity contribution in [2.45, 2.75) is 55.9 Å². The molecule has 0 spiro atoms. The molecule has 1 saturated carbocycles. The zero-order valence-corrected chi connectivity index (χ0v) is 15.9. The molecule has 1 aliphatic carbocycles. The van der Waals surface area contributed by atoms with Crippen molar-refractivity contribution in [3.05, 3.63) is 24.3 Å². The Balaban J connectivity index is 1.49. The Morgan fingerprint density at radius 3 is 2.81 bits per heavy atom. The first-order chi connectivity index (χ1) is 13.0. The van der Waals surface area contributed by atoms with Crippen molar-refractivity contribution in [1.82, 2.24) is 10.3 Å². The third kappa shape index (κ3) is 4.80. The van der Waals surface area contributed by atoms with Crippen molar-refractivity contribution in [2.24, 2.45) is 0 Å². The number of rotatable bonds is 6. The third-order valence-electron chi connectivity index (χ3n) is 4.55. The topological polar surface area (TPSA) is 105 Å². The van der Waals surface area contributed by atoms with E-state index in [4.69, 9.17) is 9.15 Å². The van der Waals surface area contributed by atoms with E-state index < -0.39 is 23.5 Å². The molecule has 1 N–H and O–H groups in total. The fourth-order valence-electron chi connectivity index (χ4n) is 3.08. The predicted octanol–water partition coefficient (Wildman–Crippen LogP) is 3.19. The molecule has 8 heteroatoms. The number of nitrogens with zero attached hydrogens (tertiary/aromatic N) is 2. The molecule has 1 fully saturated rings. The average molecular weight is 387 g/mol. The lowest BCUT2D eigenvalue weighted by molar-refractivity contribution is -0.152. The van der Waals surface area contributed by atoms with E-state index in [1.165, 1.54) is 6.92 Å². The molecule has 1 aromatic carbocycles. The second kappa shape index (κ2) is 8.44. The summed E-state index contributed by atoms with van der Waals surface area (Å²) in [6.45, 7) is 1.51. The molecule has 1 aromatic heterocycles. The lowest BCUT2D eigenvalue weighted by Gasteiger charge is -2.32. The molecule has 7 nitrogen and oxygen atoms in total. The molecule has 27 heavy (non-hydrogen) atoms. The first-order valence-corrected chi connectivity index (χ1v) is 9.91. The van der Waals surface area contributed by atoms with Gasteiger partial charge in [0.05, 0.1) is 6.07 Å². The molecule has 0 unspecified atom stereocenters. The SMILES string of the molecule is C[C@@H](OC(=O)CSc1nc2ccccc2o1)C(=O)NC1(C#N)CCCCC1. The number of hydrogen-bond donors (Lipinski definition) is 1. The van der Waals surface area contributed by atoms with Crippen molar-refractivity contribution >= 4 is 34.7 Å². The number of carbonyl (C=O) groups excluding carboxylic acids is 2. The maximum atomic E-state index is 12.3. The highest BCUT2D eigenvalue weighted by Gasteiger charge is 2.35. The maximum Gasteiger partial charge on any atom is 0.317 e. The number of amides is 1. The Kier molecular flexibility index (Phi) is 6.01. The van der Waals surface area contributed by atoms with E-state index in [1.54, 1.807) is 6.07 Å². The molecule has 0 saturated heterocycles. The maximum absolute atomic E-state index is 12.3. The summed E-state index contributed by atoms with van der Waals surface area (Å²) in [4.78, 5) is 28.6. The number of carbonyl (C=O) groups is 2. The van der Waals surface area contributed by atoms with Gasteiger partial charge in [-0.05, 0) is 31.9 Å². The number of esters is 1. The zero-order chi connectivity index (χ0) is 19.3. The van der Waals surface area contributed by atoms with Gasteiger partial charge in [-0.3, -0.25) is 9.59 Å². The lowest BCUT2D eigenvalue weighted by atomic mass is 9.83. The molecule has 1 aliphatic rings. The van der Waals surface area contributed by atoms with Gasteiger partial charge in [0.1, 0.15) is 16.8 Å². The van der Waals surface area contributed by atoms with Crippen LogP contribution in [0.2, 0.25) is 0 Å². The van der Waals surface area contributed by atoms with E-state index in [9.17, 15) is 14.9 Å². The number of aromatic nitrogens is 1. The van der Waals surface area contributed by atoms with Crippen LogP contribution >= 0.6 is 11.8 Å². The number of para-hydroxylation sites is 2. The van der Waals surface area contributed by atoms with E-state index in [-0.39, 0.29) is 5.75 Å². The first kappa shape index (κ1) is 19.2. The monoisotopic (exact) mass is 387 g/mol. The van der Waals surface area contributed by atoms with Crippen molar-refractivity contribution in [1.29, 1.82) is 5.26 Å². The first-order valence-electron chi connectivity index (χ1n) is 8.92. The van der Waals surface area contributed by atoms with Crippen molar-refractivity contribution in [2.75, 3.05) is 5.75 Å². The number of thioether (sulfide) groups is 1. The predicted molar refractivity (Wildman–Crippen MR) is 99.9 cm³/mol. The summed E-state index contributed by atoms with van der Waals surface area (Å²) in [5.74, 6) is -1.01. The van der Waals surface area contributed by atoms with Gasteiger partial charge in [-0.1, -0.05) is 43.2 Å². The summed E-state index contributed by atoms with van der Waals surface area (Å²) in [7, 11) is 0. The lowest BCUT2D eigenvalue weighted by Crippen LogP contribution is -2.52. The van der Waals surface area contributed by atoms with E-state index in [0.29, 0.717) is 23.6 Å². The molecule has 2 aromatic rings. The Morgan fingerprint density at radius 1 is 1.37 bits per heavy atom. The van der Waals surface area contributed by atoms with E-state index in [0.717, 1.165) is 36.5 Å². The van der Waals surface area contributed by atoms with E-state index in [2.05, 4.69) is 16.4 Å². The minimum Gasteiger partial charge on any atom is -0.452 e. The van der Waals surface area contributed by atoms with Gasteiger partial charge in [0.2, 0.25) is 0 Å². The molecule has 1 atom stereocenters. The second-order valence-corrected chi connectivity index (χ2v) is 7.54. The van der Waals surface area contributed by atoms with Gasteiger partial charge in [0, 0.05) is 0 Å². The van der Waals surface area contributed by atoms with Gasteiger partial charge in [-0.15, -0.1) is 0 Å². The number of oxazole rings is 1. The molecule has 142 valence electrons. The van der Waals surface area contributed by atoms with Crippen LogP contribution in [0.25, 0.3) is 11.1 Å². The quantitative estimate of drug-likeness (QED) is 0.599. The molecule has 3 rings (SSSR count). The number of nitriles is 1.